The summed E-state index contributed by atoms with van der Waals surface area (Å²) >= 11 is 5.66. The average molecular weight is 388 g/mol. The lowest BCUT2D eigenvalue weighted by atomic mass is 10.3. The molecular weight excluding hydrogens is 377 g/mol. The molecule has 0 spiro atoms. The minimum atomic E-state index is -1.01. The van der Waals surface area contributed by atoms with E-state index in [4.69, 9.17) is 0 Å². The number of hydrogen-bond donors (Lipinski definition) is 1. The molecule has 0 fully saturated rings. The van der Waals surface area contributed by atoms with E-state index in [2.05, 4.69) is 43.2 Å². The Morgan fingerprint density at radius 3 is 2.64 bits per heavy atom. The van der Waals surface area contributed by atoms with Crippen LogP contribution < -0.4 is 4.72 Å². The van der Waals surface area contributed by atoms with Crippen LogP contribution in [-0.2, 0) is 11.0 Å². The van der Waals surface area contributed by atoms with Crippen LogP contribution in [0.2, 0.25) is 0 Å². The quantitative estimate of drug-likeness (QED) is 0.789. The molecule has 0 saturated carbocycles. The van der Waals surface area contributed by atoms with Gasteiger partial charge in [0, 0.05) is 19.0 Å². The van der Waals surface area contributed by atoms with Gasteiger partial charge in [-0.05, 0) is 70.6 Å². The van der Waals surface area contributed by atoms with Crippen molar-refractivity contribution in [1.82, 2.24) is 0 Å². The maximum atomic E-state index is 11.5. The number of halogens is 2. The zero-order valence-corrected chi connectivity index (χ0v) is 12.4. The van der Waals surface area contributed by atoms with Crippen molar-refractivity contribution in [2.75, 3.05) is 4.72 Å². The number of nitrogens with one attached hydrogen (secondary N) is 1. The second kappa shape index (κ2) is 5.46. The summed E-state index contributed by atoms with van der Waals surface area (Å²) in [5, 5.41) is 0.119. The van der Waals surface area contributed by atoms with Crippen molar-refractivity contribution in [3.8, 4) is 0 Å². The van der Waals surface area contributed by atoms with E-state index >= 15 is 0 Å². The summed E-state index contributed by atoms with van der Waals surface area (Å²) in [7, 11) is -1.01. The lowest BCUT2D eigenvalue weighted by Gasteiger charge is -2.09. The standard InChI is InChI=1S/C9H11BrINOS/c1-6(2)14(13)12-7-3-4-9(11)8(10)5-7/h3-6,12H,1-2H3. The Kier molecular flexibility index (Phi) is 4.86. The molecule has 78 valence electrons. The van der Waals surface area contributed by atoms with Crippen LogP contribution in [0.3, 0.4) is 0 Å². The van der Waals surface area contributed by atoms with Gasteiger partial charge in [-0.15, -0.1) is 0 Å². The molecule has 0 bridgehead atoms. The fraction of sp³-hybridized carbons (Fsp3) is 0.333. The normalized spacial score (nSPS) is 12.9. The molecule has 5 heteroatoms. The second-order valence-electron chi connectivity index (χ2n) is 3.08. The monoisotopic (exact) mass is 387 g/mol. The number of anilines is 1. The lowest BCUT2D eigenvalue weighted by Crippen LogP contribution is -2.14. The molecule has 0 heterocycles. The molecule has 2 nitrogen and oxygen atoms in total. The summed E-state index contributed by atoms with van der Waals surface area (Å²) in [6.45, 7) is 3.84. The first kappa shape index (κ1) is 12.4. The van der Waals surface area contributed by atoms with Crippen molar-refractivity contribution in [2.45, 2.75) is 19.1 Å². The highest BCUT2D eigenvalue weighted by molar-refractivity contribution is 14.1. The van der Waals surface area contributed by atoms with Crippen LogP contribution in [0, 0.1) is 3.57 Å². The van der Waals surface area contributed by atoms with Crippen molar-refractivity contribution >= 4 is 55.2 Å². The second-order valence-corrected chi connectivity index (χ2v) is 6.84. The zero-order chi connectivity index (χ0) is 10.7. The van der Waals surface area contributed by atoms with Gasteiger partial charge in [0.25, 0.3) is 0 Å². The van der Waals surface area contributed by atoms with Gasteiger partial charge in [-0.2, -0.15) is 0 Å². The smallest absolute Gasteiger partial charge is 0.119 e. The molecule has 0 aliphatic rings. The largest absolute Gasteiger partial charge is 0.305 e. The number of benzene rings is 1. The molecule has 0 aliphatic heterocycles. The van der Waals surface area contributed by atoms with Crippen LogP contribution in [0.4, 0.5) is 5.69 Å². The van der Waals surface area contributed by atoms with Crippen molar-refractivity contribution in [3.63, 3.8) is 0 Å². The fourth-order valence-electron chi connectivity index (χ4n) is 0.794. The third-order valence-electron chi connectivity index (χ3n) is 1.57. The SMILES string of the molecule is CC(C)S(=O)Nc1ccc(I)c(Br)c1. The predicted octanol–water partition coefficient (Wildman–Crippen LogP) is 3.54. The summed E-state index contributed by atoms with van der Waals surface area (Å²) in [5.74, 6) is 0. The van der Waals surface area contributed by atoms with E-state index in [-0.39, 0.29) is 5.25 Å². The first-order valence-corrected chi connectivity index (χ1v) is 7.21. The minimum Gasteiger partial charge on any atom is -0.305 e. The average Bonchev–Trinajstić information content (AvgIpc) is 2.11. The van der Waals surface area contributed by atoms with Gasteiger partial charge >= 0.3 is 0 Å². The summed E-state index contributed by atoms with van der Waals surface area (Å²) in [6, 6.07) is 5.83. The number of hydrogen-bond acceptors (Lipinski definition) is 1. The lowest BCUT2D eigenvalue weighted by molar-refractivity contribution is 0.680. The molecule has 1 aromatic rings. The van der Waals surface area contributed by atoms with Crippen LogP contribution in [0.5, 0.6) is 0 Å². The first-order chi connectivity index (χ1) is 6.50. The van der Waals surface area contributed by atoms with Crippen molar-refractivity contribution in [1.29, 1.82) is 0 Å². The highest BCUT2D eigenvalue weighted by atomic mass is 127. The fourth-order valence-corrected chi connectivity index (χ4v) is 2.10. The van der Waals surface area contributed by atoms with Crippen LogP contribution in [0.1, 0.15) is 13.8 Å². The van der Waals surface area contributed by atoms with Crippen molar-refractivity contribution in [3.05, 3.63) is 26.2 Å². The van der Waals surface area contributed by atoms with Gasteiger partial charge in [0.1, 0.15) is 11.0 Å². The molecule has 0 aromatic heterocycles. The van der Waals surface area contributed by atoms with Crippen molar-refractivity contribution < 1.29 is 4.21 Å². The summed E-state index contributed by atoms with van der Waals surface area (Å²) < 4.78 is 16.6. The highest BCUT2D eigenvalue weighted by Crippen LogP contribution is 2.23. The molecular formula is C9H11BrINOS. The van der Waals surface area contributed by atoms with Gasteiger partial charge in [0.2, 0.25) is 0 Å². The molecule has 0 saturated heterocycles. The van der Waals surface area contributed by atoms with E-state index in [1.54, 1.807) is 0 Å². The molecule has 1 atom stereocenters. The topological polar surface area (TPSA) is 29.1 Å². The van der Waals surface area contributed by atoms with Crippen molar-refractivity contribution in [2.24, 2.45) is 0 Å². The summed E-state index contributed by atoms with van der Waals surface area (Å²) in [6.07, 6.45) is 0. The van der Waals surface area contributed by atoms with E-state index < -0.39 is 11.0 Å². The first-order valence-electron chi connectivity index (χ1n) is 4.13. The van der Waals surface area contributed by atoms with Crippen LogP contribution in [0.15, 0.2) is 22.7 Å². The Labute approximate surface area is 109 Å². The van der Waals surface area contributed by atoms with Gasteiger partial charge < -0.3 is 4.72 Å². The van der Waals surface area contributed by atoms with E-state index in [9.17, 15) is 4.21 Å². The van der Waals surface area contributed by atoms with Crippen LogP contribution >= 0.6 is 38.5 Å². The van der Waals surface area contributed by atoms with Gasteiger partial charge in [-0.25, -0.2) is 4.21 Å². The molecule has 0 amide bonds. The third-order valence-corrected chi connectivity index (χ3v) is 5.20. The maximum Gasteiger partial charge on any atom is 0.119 e. The summed E-state index contributed by atoms with van der Waals surface area (Å²) in [4.78, 5) is 0. The van der Waals surface area contributed by atoms with E-state index in [1.165, 1.54) is 0 Å². The van der Waals surface area contributed by atoms with Gasteiger partial charge in [0.15, 0.2) is 0 Å². The zero-order valence-electron chi connectivity index (χ0n) is 7.88. The van der Waals surface area contributed by atoms with E-state index in [0.717, 1.165) is 13.7 Å². The van der Waals surface area contributed by atoms with Gasteiger partial charge in [-0.1, -0.05) is 0 Å². The molecule has 14 heavy (non-hydrogen) atoms. The Morgan fingerprint density at radius 2 is 2.14 bits per heavy atom. The Bertz CT molecular complexity index is 357. The molecule has 0 radical (unpaired) electrons. The van der Waals surface area contributed by atoms with E-state index in [1.807, 2.05) is 32.0 Å². The summed E-state index contributed by atoms with van der Waals surface area (Å²) in [5.41, 5.74) is 0.879. The van der Waals surface area contributed by atoms with Gasteiger partial charge in [0.05, 0.1) is 0 Å². The Balaban J connectivity index is 2.78. The van der Waals surface area contributed by atoms with Gasteiger partial charge in [-0.3, -0.25) is 0 Å². The maximum absolute atomic E-state index is 11.5. The van der Waals surface area contributed by atoms with E-state index in [0.29, 0.717) is 0 Å². The Morgan fingerprint density at radius 1 is 1.50 bits per heavy atom. The Hall–Kier alpha value is 0.380. The molecule has 1 unspecified atom stereocenters. The molecule has 1 rings (SSSR count). The predicted molar refractivity (Wildman–Crippen MR) is 73.8 cm³/mol. The van der Waals surface area contributed by atoms with Crippen LogP contribution in [0.25, 0.3) is 0 Å². The third kappa shape index (κ3) is 3.51. The highest BCUT2D eigenvalue weighted by Gasteiger charge is 2.05. The molecule has 1 N–H and O–H groups in total. The number of rotatable bonds is 3. The molecule has 0 aliphatic carbocycles. The molecule has 1 aromatic carbocycles. The van der Waals surface area contributed by atoms with Crippen LogP contribution in [-0.4, -0.2) is 9.46 Å². The minimum absolute atomic E-state index is 0.119.